The summed E-state index contributed by atoms with van der Waals surface area (Å²) in [4.78, 5) is 12.4. The van der Waals surface area contributed by atoms with E-state index in [1.54, 1.807) is 6.92 Å². The number of hydrogen-bond acceptors (Lipinski definition) is 2. The number of ether oxygens (including phenoxy) is 1. The molecule has 0 aliphatic rings. The molecular formula is C19H23NO2. The number of benzene rings is 2. The maximum absolute atomic E-state index is 12.4. The van der Waals surface area contributed by atoms with Gasteiger partial charge in [-0.2, -0.15) is 0 Å². The first-order valence-corrected chi connectivity index (χ1v) is 7.49. The summed E-state index contributed by atoms with van der Waals surface area (Å²) in [6.07, 6.45) is -0.555. The number of nitrogens with one attached hydrogen (secondary N) is 1. The number of anilines is 1. The van der Waals surface area contributed by atoms with Gasteiger partial charge in [0.25, 0.3) is 5.91 Å². The van der Waals surface area contributed by atoms with Crippen LogP contribution < -0.4 is 10.1 Å². The lowest BCUT2D eigenvalue weighted by molar-refractivity contribution is -0.122. The maximum atomic E-state index is 12.4. The second-order valence-electron chi connectivity index (χ2n) is 5.84. The Hall–Kier alpha value is -2.29. The Kier molecular flexibility index (Phi) is 4.86. The lowest BCUT2D eigenvalue weighted by Crippen LogP contribution is -2.30. The summed E-state index contributed by atoms with van der Waals surface area (Å²) in [5.41, 5.74) is 5.21. The Morgan fingerprint density at radius 2 is 1.55 bits per heavy atom. The minimum atomic E-state index is -0.555. The van der Waals surface area contributed by atoms with E-state index in [0.717, 1.165) is 33.7 Å². The molecule has 0 saturated heterocycles. The van der Waals surface area contributed by atoms with E-state index in [0.29, 0.717) is 0 Å². The zero-order chi connectivity index (χ0) is 16.3. The monoisotopic (exact) mass is 297 g/mol. The van der Waals surface area contributed by atoms with Crippen molar-refractivity contribution >= 4 is 11.6 Å². The molecule has 0 saturated carbocycles. The second-order valence-corrected chi connectivity index (χ2v) is 5.84. The van der Waals surface area contributed by atoms with Gasteiger partial charge in [0.15, 0.2) is 6.10 Å². The summed E-state index contributed by atoms with van der Waals surface area (Å²) in [5, 5.41) is 2.96. The van der Waals surface area contributed by atoms with E-state index in [1.807, 2.05) is 58.0 Å². The fraction of sp³-hybridized carbons (Fsp3) is 0.316. The lowest BCUT2D eigenvalue weighted by Gasteiger charge is -2.17. The highest BCUT2D eigenvalue weighted by Crippen LogP contribution is 2.21. The van der Waals surface area contributed by atoms with Crippen molar-refractivity contribution < 1.29 is 9.53 Å². The summed E-state index contributed by atoms with van der Waals surface area (Å²) in [7, 11) is 0. The van der Waals surface area contributed by atoms with Gasteiger partial charge < -0.3 is 10.1 Å². The van der Waals surface area contributed by atoms with Crippen LogP contribution in [0.25, 0.3) is 0 Å². The van der Waals surface area contributed by atoms with Crippen LogP contribution in [0.2, 0.25) is 0 Å². The Morgan fingerprint density at radius 1 is 1.00 bits per heavy atom. The molecule has 0 radical (unpaired) electrons. The van der Waals surface area contributed by atoms with Crippen molar-refractivity contribution in [3.8, 4) is 5.75 Å². The molecule has 1 amide bonds. The first-order valence-electron chi connectivity index (χ1n) is 7.49. The predicted molar refractivity (Wildman–Crippen MR) is 90.6 cm³/mol. The van der Waals surface area contributed by atoms with Gasteiger partial charge in [-0.3, -0.25) is 4.79 Å². The number of carbonyl (C=O) groups is 1. The Morgan fingerprint density at radius 3 is 2.09 bits per heavy atom. The van der Waals surface area contributed by atoms with E-state index >= 15 is 0 Å². The smallest absolute Gasteiger partial charge is 0.265 e. The number of carbonyl (C=O) groups excluding carboxylic acids is 1. The van der Waals surface area contributed by atoms with E-state index in [1.165, 1.54) is 0 Å². The molecule has 2 aromatic rings. The van der Waals surface area contributed by atoms with Crippen LogP contribution in [0.4, 0.5) is 5.69 Å². The molecule has 1 N–H and O–H groups in total. The van der Waals surface area contributed by atoms with Crippen molar-refractivity contribution in [2.24, 2.45) is 0 Å². The highest BCUT2D eigenvalue weighted by Gasteiger charge is 2.16. The standard InChI is InChI=1S/C19H23NO2/c1-12-9-13(2)11-17(10-12)22-16(5)19(21)20-18-14(3)7-6-8-15(18)4/h6-11,16H,1-5H3,(H,20,21)/t16-/m1/s1. The van der Waals surface area contributed by atoms with Crippen LogP contribution in [0.3, 0.4) is 0 Å². The summed E-state index contributed by atoms with van der Waals surface area (Å²) in [5.74, 6) is 0.582. The first-order chi connectivity index (χ1) is 10.4. The molecule has 2 rings (SSSR count). The third-order valence-corrected chi connectivity index (χ3v) is 3.61. The highest BCUT2D eigenvalue weighted by molar-refractivity contribution is 5.95. The SMILES string of the molecule is Cc1cc(C)cc(O[C@H](C)C(=O)Nc2c(C)cccc2C)c1. The van der Waals surface area contributed by atoms with Crippen LogP contribution in [0.1, 0.15) is 29.2 Å². The van der Waals surface area contributed by atoms with Crippen LogP contribution in [0.15, 0.2) is 36.4 Å². The summed E-state index contributed by atoms with van der Waals surface area (Å²) >= 11 is 0. The molecule has 0 spiro atoms. The second kappa shape index (κ2) is 6.65. The average molecular weight is 297 g/mol. The third-order valence-electron chi connectivity index (χ3n) is 3.61. The van der Waals surface area contributed by atoms with E-state index < -0.39 is 6.10 Å². The van der Waals surface area contributed by atoms with Crippen molar-refractivity contribution in [3.05, 3.63) is 58.7 Å². The molecule has 116 valence electrons. The quantitative estimate of drug-likeness (QED) is 0.912. The normalized spacial score (nSPS) is 11.9. The summed E-state index contributed by atoms with van der Waals surface area (Å²) < 4.78 is 5.78. The summed E-state index contributed by atoms with van der Waals surface area (Å²) in [6.45, 7) is 9.76. The molecule has 0 unspecified atom stereocenters. The topological polar surface area (TPSA) is 38.3 Å². The zero-order valence-electron chi connectivity index (χ0n) is 13.9. The molecular weight excluding hydrogens is 274 g/mol. The van der Waals surface area contributed by atoms with Crippen LogP contribution in [0, 0.1) is 27.7 Å². The van der Waals surface area contributed by atoms with Crippen LogP contribution >= 0.6 is 0 Å². The van der Waals surface area contributed by atoms with Crippen molar-refractivity contribution in [3.63, 3.8) is 0 Å². The van der Waals surface area contributed by atoms with Gasteiger partial charge in [0.1, 0.15) is 5.75 Å². The predicted octanol–water partition coefficient (Wildman–Crippen LogP) is 4.33. The molecule has 0 bridgehead atoms. The third kappa shape index (κ3) is 3.88. The minimum Gasteiger partial charge on any atom is -0.481 e. The molecule has 2 aromatic carbocycles. The van der Waals surface area contributed by atoms with Crippen molar-refractivity contribution in [2.45, 2.75) is 40.7 Å². The van der Waals surface area contributed by atoms with Gasteiger partial charge in [0.2, 0.25) is 0 Å². The van der Waals surface area contributed by atoms with Crippen molar-refractivity contribution in [2.75, 3.05) is 5.32 Å². The molecule has 0 fully saturated rings. The zero-order valence-corrected chi connectivity index (χ0v) is 13.9. The van der Waals surface area contributed by atoms with Gasteiger partial charge in [-0.25, -0.2) is 0 Å². The molecule has 3 heteroatoms. The summed E-state index contributed by atoms with van der Waals surface area (Å²) in [6, 6.07) is 11.9. The number of aryl methyl sites for hydroxylation is 4. The molecule has 0 aliphatic carbocycles. The largest absolute Gasteiger partial charge is 0.481 e. The lowest BCUT2D eigenvalue weighted by atomic mass is 10.1. The number of hydrogen-bond donors (Lipinski definition) is 1. The van der Waals surface area contributed by atoms with E-state index in [2.05, 4.69) is 11.4 Å². The maximum Gasteiger partial charge on any atom is 0.265 e. The number of rotatable bonds is 4. The van der Waals surface area contributed by atoms with Gasteiger partial charge >= 0.3 is 0 Å². The van der Waals surface area contributed by atoms with Gasteiger partial charge in [0.05, 0.1) is 0 Å². The van der Waals surface area contributed by atoms with E-state index in [-0.39, 0.29) is 5.91 Å². The number of para-hydroxylation sites is 1. The molecule has 22 heavy (non-hydrogen) atoms. The molecule has 0 aromatic heterocycles. The van der Waals surface area contributed by atoms with Gasteiger partial charge in [-0.1, -0.05) is 24.3 Å². The fourth-order valence-corrected chi connectivity index (χ4v) is 2.50. The molecule has 0 aliphatic heterocycles. The average Bonchev–Trinajstić information content (AvgIpc) is 2.41. The van der Waals surface area contributed by atoms with Gasteiger partial charge in [-0.15, -0.1) is 0 Å². The molecule has 3 nitrogen and oxygen atoms in total. The van der Waals surface area contributed by atoms with E-state index in [9.17, 15) is 4.79 Å². The van der Waals surface area contributed by atoms with E-state index in [4.69, 9.17) is 4.74 Å². The Bertz CT molecular complexity index is 651. The van der Waals surface area contributed by atoms with Crippen molar-refractivity contribution in [1.29, 1.82) is 0 Å². The van der Waals surface area contributed by atoms with Crippen LogP contribution in [-0.4, -0.2) is 12.0 Å². The van der Waals surface area contributed by atoms with Gasteiger partial charge in [-0.05, 0) is 69.0 Å². The molecule has 1 atom stereocenters. The highest BCUT2D eigenvalue weighted by atomic mass is 16.5. The first kappa shape index (κ1) is 16.1. The fourth-order valence-electron chi connectivity index (χ4n) is 2.50. The van der Waals surface area contributed by atoms with Crippen molar-refractivity contribution in [1.82, 2.24) is 0 Å². The van der Waals surface area contributed by atoms with Gasteiger partial charge in [0, 0.05) is 5.69 Å². The minimum absolute atomic E-state index is 0.142. The van der Waals surface area contributed by atoms with Crippen LogP contribution in [0.5, 0.6) is 5.75 Å². The number of amides is 1. The molecule has 0 heterocycles. The van der Waals surface area contributed by atoms with Crippen LogP contribution in [-0.2, 0) is 4.79 Å². The Labute approximate surface area is 132 Å². The Balaban J connectivity index is 2.09.